The summed E-state index contributed by atoms with van der Waals surface area (Å²) in [7, 11) is 5.33. The van der Waals surface area contributed by atoms with Crippen molar-refractivity contribution in [3.63, 3.8) is 0 Å². The molecule has 0 aliphatic rings. The summed E-state index contributed by atoms with van der Waals surface area (Å²) in [6.07, 6.45) is 1.08. The zero-order valence-electron chi connectivity index (χ0n) is 13.3. The Hall–Kier alpha value is -1.52. The fourth-order valence-corrected chi connectivity index (χ4v) is 3.58. The highest BCUT2D eigenvalue weighted by Crippen LogP contribution is 2.36. The lowest BCUT2D eigenvalue weighted by atomic mass is 9.99. The van der Waals surface area contributed by atoms with Crippen molar-refractivity contribution in [2.75, 3.05) is 21.3 Å². The molecule has 0 aliphatic heterocycles. The number of thiophene rings is 1. The van der Waals surface area contributed by atoms with E-state index in [4.69, 9.17) is 9.47 Å². The highest BCUT2D eigenvalue weighted by molar-refractivity contribution is 7.12. The Labute approximate surface area is 130 Å². The molecule has 3 nitrogen and oxygen atoms in total. The van der Waals surface area contributed by atoms with Gasteiger partial charge in [0.05, 0.1) is 20.3 Å². The molecule has 0 saturated carbocycles. The fourth-order valence-electron chi connectivity index (χ4n) is 2.50. The molecule has 1 unspecified atom stereocenters. The van der Waals surface area contributed by atoms with E-state index in [2.05, 4.69) is 37.4 Å². The molecule has 114 valence electrons. The van der Waals surface area contributed by atoms with Gasteiger partial charge in [0.15, 0.2) is 11.5 Å². The molecule has 0 bridgehead atoms. The van der Waals surface area contributed by atoms with Crippen LogP contribution in [-0.2, 0) is 6.42 Å². The summed E-state index contributed by atoms with van der Waals surface area (Å²) in [6, 6.07) is 8.70. The van der Waals surface area contributed by atoms with Crippen molar-refractivity contribution in [2.24, 2.45) is 0 Å². The van der Waals surface area contributed by atoms with Gasteiger partial charge in [-0.05, 0) is 55.8 Å². The van der Waals surface area contributed by atoms with Crippen LogP contribution in [0.15, 0.2) is 24.3 Å². The van der Waals surface area contributed by atoms with Gasteiger partial charge in [-0.3, -0.25) is 0 Å². The van der Waals surface area contributed by atoms with Crippen LogP contribution in [0.25, 0.3) is 0 Å². The second kappa shape index (κ2) is 6.96. The molecular formula is C17H23NO2S. The molecule has 1 aromatic heterocycles. The highest BCUT2D eigenvalue weighted by atomic mass is 32.1. The molecule has 0 saturated heterocycles. The SMILES string of the molecule is CCc1ccc(C(NC)c2cc(OC)c(OC)cc2C)s1. The van der Waals surface area contributed by atoms with Crippen molar-refractivity contribution >= 4 is 11.3 Å². The molecule has 0 aliphatic carbocycles. The van der Waals surface area contributed by atoms with Gasteiger partial charge in [-0.1, -0.05) is 6.92 Å². The van der Waals surface area contributed by atoms with Gasteiger partial charge in [0.2, 0.25) is 0 Å². The summed E-state index contributed by atoms with van der Waals surface area (Å²) in [6.45, 7) is 4.29. The monoisotopic (exact) mass is 305 g/mol. The lowest BCUT2D eigenvalue weighted by molar-refractivity contribution is 0.354. The van der Waals surface area contributed by atoms with E-state index in [1.807, 2.05) is 24.5 Å². The van der Waals surface area contributed by atoms with Crippen LogP contribution in [0.5, 0.6) is 11.5 Å². The Morgan fingerprint density at radius 3 is 2.33 bits per heavy atom. The Balaban J connectivity index is 2.46. The molecule has 1 N–H and O–H groups in total. The lowest BCUT2D eigenvalue weighted by Crippen LogP contribution is -2.17. The van der Waals surface area contributed by atoms with E-state index in [9.17, 15) is 0 Å². The second-order valence-corrected chi connectivity index (χ2v) is 6.14. The van der Waals surface area contributed by atoms with Crippen molar-refractivity contribution in [2.45, 2.75) is 26.3 Å². The summed E-state index contributed by atoms with van der Waals surface area (Å²) in [5, 5.41) is 3.42. The first-order valence-corrected chi connectivity index (χ1v) is 7.94. The summed E-state index contributed by atoms with van der Waals surface area (Å²) in [4.78, 5) is 2.73. The standard InChI is InChI=1S/C17H23NO2S/c1-6-12-7-8-16(21-12)17(18-3)13-10-15(20-5)14(19-4)9-11(13)2/h7-10,17-18H,6H2,1-5H3. The van der Waals surface area contributed by atoms with E-state index < -0.39 is 0 Å². The Bertz CT molecular complexity index is 607. The van der Waals surface area contributed by atoms with Crippen LogP contribution in [0, 0.1) is 6.92 Å². The van der Waals surface area contributed by atoms with Gasteiger partial charge in [-0.15, -0.1) is 11.3 Å². The summed E-state index contributed by atoms with van der Waals surface area (Å²) in [5.41, 5.74) is 2.41. The summed E-state index contributed by atoms with van der Waals surface area (Å²) >= 11 is 1.86. The fraction of sp³-hybridized carbons (Fsp3) is 0.412. The van der Waals surface area contributed by atoms with E-state index in [1.54, 1.807) is 14.2 Å². The molecule has 0 fully saturated rings. The molecule has 1 heterocycles. The average Bonchev–Trinajstić information content (AvgIpc) is 2.98. The first kappa shape index (κ1) is 15.9. The minimum atomic E-state index is 0.176. The van der Waals surface area contributed by atoms with Gasteiger partial charge >= 0.3 is 0 Å². The van der Waals surface area contributed by atoms with Crippen LogP contribution >= 0.6 is 11.3 Å². The normalized spacial score (nSPS) is 12.2. The van der Waals surface area contributed by atoms with Gasteiger partial charge in [0.1, 0.15) is 0 Å². The Kier molecular flexibility index (Phi) is 5.26. The third-order valence-corrected chi connectivity index (χ3v) is 4.98. The number of hydrogen-bond donors (Lipinski definition) is 1. The Morgan fingerprint density at radius 2 is 1.81 bits per heavy atom. The van der Waals surface area contributed by atoms with Gasteiger partial charge < -0.3 is 14.8 Å². The van der Waals surface area contributed by atoms with Crippen LogP contribution in [0.2, 0.25) is 0 Å². The third-order valence-electron chi connectivity index (χ3n) is 3.69. The second-order valence-electron chi connectivity index (χ2n) is 4.94. The first-order chi connectivity index (χ1) is 10.1. The number of benzene rings is 1. The smallest absolute Gasteiger partial charge is 0.161 e. The molecule has 1 atom stereocenters. The molecular weight excluding hydrogens is 282 g/mol. The molecule has 0 spiro atoms. The highest BCUT2D eigenvalue weighted by Gasteiger charge is 2.19. The predicted molar refractivity (Wildman–Crippen MR) is 88.9 cm³/mol. The van der Waals surface area contributed by atoms with Gasteiger partial charge in [-0.2, -0.15) is 0 Å². The maximum absolute atomic E-state index is 5.44. The Morgan fingerprint density at radius 1 is 1.14 bits per heavy atom. The summed E-state index contributed by atoms with van der Waals surface area (Å²) < 4.78 is 10.8. The largest absolute Gasteiger partial charge is 0.493 e. The van der Waals surface area contributed by atoms with Crippen molar-refractivity contribution < 1.29 is 9.47 Å². The van der Waals surface area contributed by atoms with Gasteiger partial charge in [0.25, 0.3) is 0 Å². The van der Waals surface area contributed by atoms with E-state index in [0.29, 0.717) is 0 Å². The van der Waals surface area contributed by atoms with Crippen LogP contribution in [0.4, 0.5) is 0 Å². The lowest BCUT2D eigenvalue weighted by Gasteiger charge is -2.20. The molecule has 0 amide bonds. The van der Waals surface area contributed by atoms with E-state index >= 15 is 0 Å². The molecule has 1 aromatic carbocycles. The molecule has 4 heteroatoms. The van der Waals surface area contributed by atoms with Crippen molar-refractivity contribution in [1.82, 2.24) is 5.32 Å². The minimum Gasteiger partial charge on any atom is -0.493 e. The first-order valence-electron chi connectivity index (χ1n) is 7.13. The zero-order valence-corrected chi connectivity index (χ0v) is 14.1. The topological polar surface area (TPSA) is 30.5 Å². The zero-order chi connectivity index (χ0) is 15.4. The molecule has 0 radical (unpaired) electrons. The number of rotatable bonds is 6. The maximum atomic E-state index is 5.44. The van der Waals surface area contributed by atoms with Gasteiger partial charge in [-0.25, -0.2) is 0 Å². The summed E-state index contributed by atoms with van der Waals surface area (Å²) in [5.74, 6) is 1.54. The van der Waals surface area contributed by atoms with Crippen LogP contribution in [0.3, 0.4) is 0 Å². The van der Waals surface area contributed by atoms with Crippen LogP contribution in [-0.4, -0.2) is 21.3 Å². The number of aryl methyl sites for hydroxylation is 2. The van der Waals surface area contributed by atoms with E-state index in [-0.39, 0.29) is 6.04 Å². The van der Waals surface area contributed by atoms with Crippen molar-refractivity contribution in [3.05, 3.63) is 45.1 Å². The van der Waals surface area contributed by atoms with E-state index in [0.717, 1.165) is 17.9 Å². The van der Waals surface area contributed by atoms with Crippen LogP contribution < -0.4 is 14.8 Å². The number of ether oxygens (including phenoxy) is 2. The average molecular weight is 305 g/mol. The minimum absolute atomic E-state index is 0.176. The van der Waals surface area contributed by atoms with E-state index in [1.165, 1.54) is 20.9 Å². The van der Waals surface area contributed by atoms with Crippen molar-refractivity contribution in [3.8, 4) is 11.5 Å². The molecule has 2 rings (SSSR count). The molecule has 21 heavy (non-hydrogen) atoms. The number of methoxy groups -OCH3 is 2. The number of nitrogens with one attached hydrogen (secondary N) is 1. The molecule has 2 aromatic rings. The quantitative estimate of drug-likeness (QED) is 0.876. The predicted octanol–water partition coefficient (Wildman–Crippen LogP) is 3.94. The van der Waals surface area contributed by atoms with Crippen LogP contribution in [0.1, 0.15) is 33.8 Å². The number of hydrogen-bond acceptors (Lipinski definition) is 4. The maximum Gasteiger partial charge on any atom is 0.161 e. The van der Waals surface area contributed by atoms with Gasteiger partial charge in [0, 0.05) is 9.75 Å². The van der Waals surface area contributed by atoms with Crippen molar-refractivity contribution in [1.29, 1.82) is 0 Å². The third kappa shape index (κ3) is 3.22.